The van der Waals surface area contributed by atoms with E-state index in [9.17, 15) is 9.18 Å². The second kappa shape index (κ2) is 10.3. The number of hydrogen-bond donors (Lipinski definition) is 3. The Balaban J connectivity index is 2.10. The van der Waals surface area contributed by atoms with Crippen LogP contribution in [0.25, 0.3) is 0 Å². The van der Waals surface area contributed by atoms with E-state index in [1.807, 2.05) is 39.0 Å². The van der Waals surface area contributed by atoms with Crippen molar-refractivity contribution >= 4 is 23.5 Å². The van der Waals surface area contributed by atoms with Gasteiger partial charge in [0.05, 0.1) is 6.54 Å². The summed E-state index contributed by atoms with van der Waals surface area (Å²) in [5, 5.41) is 9.57. The number of rotatable bonds is 7. The molecule has 2 rings (SSSR count). The largest absolute Gasteiger partial charge is 0.357 e. The minimum atomic E-state index is -0.351. The lowest BCUT2D eigenvalue weighted by Gasteiger charge is -2.27. The van der Waals surface area contributed by atoms with E-state index in [4.69, 9.17) is 11.6 Å². The van der Waals surface area contributed by atoms with Crippen molar-refractivity contribution in [2.75, 3.05) is 20.1 Å². The summed E-state index contributed by atoms with van der Waals surface area (Å²) in [6.07, 6.45) is 0. The predicted octanol–water partition coefficient (Wildman–Crippen LogP) is 3.87. The topological polar surface area (TPSA) is 65.5 Å². The molecule has 2 aromatic rings. The molecule has 0 aliphatic carbocycles. The fraction of sp³-hybridized carbons (Fsp3) is 0.364. The number of carbonyl (C=O) groups excluding carboxylic acids is 1. The lowest BCUT2D eigenvalue weighted by Crippen LogP contribution is -2.43. The number of halogens is 2. The van der Waals surface area contributed by atoms with Gasteiger partial charge in [-0.3, -0.25) is 4.79 Å². The van der Waals surface area contributed by atoms with Crippen molar-refractivity contribution in [3.63, 3.8) is 0 Å². The van der Waals surface area contributed by atoms with Gasteiger partial charge in [-0.1, -0.05) is 43.6 Å². The maximum absolute atomic E-state index is 13.4. The van der Waals surface area contributed by atoms with Crippen LogP contribution in [0.15, 0.2) is 47.5 Å². The van der Waals surface area contributed by atoms with E-state index in [0.29, 0.717) is 36.2 Å². The standard InChI is InChI=1S/C22H28ClFN4O/c1-5-26-21(27-13-15-7-6-8-16(11-15)20(29)25-4)28-14-22(2,3)18-10-9-17(24)12-19(18)23/h6-12H,5,13-14H2,1-4H3,(H,25,29)(H2,26,27,28). The van der Waals surface area contributed by atoms with Crippen molar-refractivity contribution in [2.45, 2.75) is 32.7 Å². The highest BCUT2D eigenvalue weighted by molar-refractivity contribution is 6.31. The average molecular weight is 419 g/mol. The first-order valence-corrected chi connectivity index (χ1v) is 9.93. The quantitative estimate of drug-likeness (QED) is 0.472. The summed E-state index contributed by atoms with van der Waals surface area (Å²) >= 11 is 6.24. The van der Waals surface area contributed by atoms with Crippen LogP contribution in [0.3, 0.4) is 0 Å². The Labute approximate surface area is 176 Å². The zero-order valence-corrected chi connectivity index (χ0v) is 18.0. The van der Waals surface area contributed by atoms with Crippen LogP contribution in [0.5, 0.6) is 0 Å². The third kappa shape index (κ3) is 6.46. The summed E-state index contributed by atoms with van der Waals surface area (Å²) in [5.41, 5.74) is 2.07. The minimum Gasteiger partial charge on any atom is -0.357 e. The van der Waals surface area contributed by atoms with Crippen LogP contribution in [0.4, 0.5) is 4.39 Å². The van der Waals surface area contributed by atoms with Crippen LogP contribution < -0.4 is 16.0 Å². The first-order chi connectivity index (χ1) is 13.8. The van der Waals surface area contributed by atoms with Crippen LogP contribution in [0.2, 0.25) is 5.02 Å². The summed E-state index contributed by atoms with van der Waals surface area (Å²) in [5.74, 6) is 0.180. The van der Waals surface area contributed by atoms with Crippen LogP contribution in [0, 0.1) is 5.82 Å². The van der Waals surface area contributed by atoms with E-state index >= 15 is 0 Å². The van der Waals surface area contributed by atoms with Gasteiger partial charge in [0, 0.05) is 36.1 Å². The molecule has 0 radical (unpaired) electrons. The van der Waals surface area contributed by atoms with Gasteiger partial charge < -0.3 is 16.0 Å². The molecule has 0 saturated heterocycles. The molecule has 0 saturated carbocycles. The van der Waals surface area contributed by atoms with Crippen molar-refractivity contribution < 1.29 is 9.18 Å². The van der Waals surface area contributed by atoms with Crippen molar-refractivity contribution in [3.8, 4) is 0 Å². The first-order valence-electron chi connectivity index (χ1n) is 9.55. The summed E-state index contributed by atoms with van der Waals surface area (Å²) in [7, 11) is 1.61. The number of carbonyl (C=O) groups is 1. The molecular formula is C22H28ClFN4O. The van der Waals surface area contributed by atoms with E-state index in [2.05, 4.69) is 20.9 Å². The van der Waals surface area contributed by atoms with Gasteiger partial charge in [0.25, 0.3) is 5.91 Å². The second-order valence-corrected chi connectivity index (χ2v) is 7.74. The van der Waals surface area contributed by atoms with Crippen LogP contribution in [-0.2, 0) is 12.0 Å². The first kappa shape index (κ1) is 22.7. The van der Waals surface area contributed by atoms with Gasteiger partial charge in [0.2, 0.25) is 0 Å². The van der Waals surface area contributed by atoms with Crippen molar-refractivity contribution in [2.24, 2.45) is 4.99 Å². The van der Waals surface area contributed by atoms with Gasteiger partial charge >= 0.3 is 0 Å². The molecule has 0 heterocycles. The van der Waals surface area contributed by atoms with E-state index in [-0.39, 0.29) is 17.1 Å². The van der Waals surface area contributed by atoms with E-state index in [0.717, 1.165) is 11.1 Å². The van der Waals surface area contributed by atoms with E-state index in [1.165, 1.54) is 12.1 Å². The monoisotopic (exact) mass is 418 g/mol. The summed E-state index contributed by atoms with van der Waals surface area (Å²) in [6, 6.07) is 11.8. The number of nitrogens with zero attached hydrogens (tertiary/aromatic N) is 1. The molecule has 1 amide bonds. The van der Waals surface area contributed by atoms with Crippen LogP contribution in [-0.4, -0.2) is 32.0 Å². The Hall–Kier alpha value is -2.60. The molecule has 0 aromatic heterocycles. The zero-order chi connectivity index (χ0) is 21.4. The molecule has 0 aliphatic heterocycles. The minimum absolute atomic E-state index is 0.126. The summed E-state index contributed by atoms with van der Waals surface area (Å²) in [6.45, 7) is 7.76. The number of benzene rings is 2. The van der Waals surface area contributed by atoms with Crippen molar-refractivity contribution in [3.05, 3.63) is 70.0 Å². The maximum Gasteiger partial charge on any atom is 0.251 e. The van der Waals surface area contributed by atoms with Crippen LogP contribution in [0.1, 0.15) is 42.3 Å². The van der Waals surface area contributed by atoms with Gasteiger partial charge in [0.15, 0.2) is 5.96 Å². The highest BCUT2D eigenvalue weighted by Crippen LogP contribution is 2.29. The number of guanidine groups is 1. The molecule has 0 spiro atoms. The fourth-order valence-electron chi connectivity index (χ4n) is 2.91. The molecule has 3 N–H and O–H groups in total. The third-order valence-corrected chi connectivity index (χ3v) is 4.85. The van der Waals surface area contributed by atoms with E-state index < -0.39 is 0 Å². The smallest absolute Gasteiger partial charge is 0.251 e. The Bertz CT molecular complexity index is 883. The Morgan fingerprint density at radius 3 is 2.59 bits per heavy atom. The molecule has 2 aromatic carbocycles. The average Bonchev–Trinajstić information content (AvgIpc) is 2.69. The highest BCUT2D eigenvalue weighted by atomic mass is 35.5. The molecule has 156 valence electrons. The number of amides is 1. The van der Waals surface area contributed by atoms with Crippen molar-refractivity contribution in [1.82, 2.24) is 16.0 Å². The Kier molecular flexibility index (Phi) is 8.02. The molecule has 29 heavy (non-hydrogen) atoms. The summed E-state index contributed by atoms with van der Waals surface area (Å²) < 4.78 is 13.4. The third-order valence-electron chi connectivity index (χ3n) is 4.54. The Morgan fingerprint density at radius 1 is 1.17 bits per heavy atom. The molecule has 0 aliphatic rings. The highest BCUT2D eigenvalue weighted by Gasteiger charge is 2.24. The van der Waals surface area contributed by atoms with Gasteiger partial charge in [0.1, 0.15) is 5.82 Å². The maximum atomic E-state index is 13.4. The number of nitrogens with one attached hydrogen (secondary N) is 3. The zero-order valence-electron chi connectivity index (χ0n) is 17.3. The fourth-order valence-corrected chi connectivity index (χ4v) is 3.33. The summed E-state index contributed by atoms with van der Waals surface area (Å²) in [4.78, 5) is 16.4. The second-order valence-electron chi connectivity index (χ2n) is 7.34. The SMILES string of the molecule is CCNC(=NCc1cccc(C(=O)NC)c1)NCC(C)(C)c1ccc(F)cc1Cl. The molecule has 0 fully saturated rings. The molecule has 7 heteroatoms. The predicted molar refractivity (Wildman–Crippen MR) is 117 cm³/mol. The van der Waals surface area contributed by atoms with Gasteiger partial charge in [-0.25, -0.2) is 9.38 Å². The molecule has 0 bridgehead atoms. The van der Waals surface area contributed by atoms with Crippen LogP contribution >= 0.6 is 11.6 Å². The molecule has 0 atom stereocenters. The number of hydrogen-bond acceptors (Lipinski definition) is 2. The van der Waals surface area contributed by atoms with E-state index in [1.54, 1.807) is 19.2 Å². The normalized spacial score (nSPS) is 11.9. The lowest BCUT2D eigenvalue weighted by molar-refractivity contribution is 0.0963. The molecule has 5 nitrogen and oxygen atoms in total. The van der Waals surface area contributed by atoms with Gasteiger partial charge in [-0.2, -0.15) is 0 Å². The molecule has 0 unspecified atom stereocenters. The van der Waals surface area contributed by atoms with Crippen molar-refractivity contribution in [1.29, 1.82) is 0 Å². The molecular weight excluding hydrogens is 391 g/mol. The Morgan fingerprint density at radius 2 is 1.93 bits per heavy atom. The van der Waals surface area contributed by atoms with Gasteiger partial charge in [-0.15, -0.1) is 0 Å². The number of aliphatic imine (C=N–C) groups is 1. The van der Waals surface area contributed by atoms with Gasteiger partial charge in [-0.05, 0) is 42.3 Å². The lowest BCUT2D eigenvalue weighted by atomic mass is 9.84.